The van der Waals surface area contributed by atoms with Crippen LogP contribution in [0.1, 0.15) is 24.2 Å². The second-order valence-electron chi connectivity index (χ2n) is 7.11. The largest absolute Gasteiger partial charge is 0.376 e. The predicted octanol–water partition coefficient (Wildman–Crippen LogP) is 3.66. The van der Waals surface area contributed by atoms with Crippen molar-refractivity contribution in [3.63, 3.8) is 0 Å². The van der Waals surface area contributed by atoms with Gasteiger partial charge in [-0.05, 0) is 30.5 Å². The first-order valence-electron chi connectivity index (χ1n) is 9.73. The minimum Gasteiger partial charge on any atom is -0.376 e. The Kier molecular flexibility index (Phi) is 4.73. The number of aromatic nitrogens is 4. The van der Waals surface area contributed by atoms with Crippen molar-refractivity contribution in [2.75, 3.05) is 31.2 Å². The van der Waals surface area contributed by atoms with Crippen molar-refractivity contribution in [1.82, 2.24) is 19.9 Å². The van der Waals surface area contributed by atoms with Gasteiger partial charge in [0.15, 0.2) is 0 Å². The van der Waals surface area contributed by atoms with Crippen LogP contribution in [0.5, 0.6) is 0 Å². The Morgan fingerprint density at radius 1 is 0.966 bits per heavy atom. The third kappa shape index (κ3) is 3.61. The smallest absolute Gasteiger partial charge is 0.148 e. The van der Waals surface area contributed by atoms with Gasteiger partial charge in [-0.25, -0.2) is 9.37 Å². The van der Waals surface area contributed by atoms with Gasteiger partial charge in [-0.3, -0.25) is 15.0 Å². The molecule has 0 fully saturated rings. The lowest BCUT2D eigenvalue weighted by molar-refractivity contribution is 0.164. The van der Waals surface area contributed by atoms with E-state index in [1.807, 2.05) is 0 Å². The van der Waals surface area contributed by atoms with Crippen LogP contribution in [0, 0.1) is 5.82 Å². The van der Waals surface area contributed by atoms with Gasteiger partial charge < -0.3 is 9.64 Å². The van der Waals surface area contributed by atoms with Crippen LogP contribution < -0.4 is 4.90 Å². The summed E-state index contributed by atoms with van der Waals surface area (Å²) in [5.41, 5.74) is 5.37. The third-order valence-electron chi connectivity index (χ3n) is 5.24. The summed E-state index contributed by atoms with van der Waals surface area (Å²) in [7, 11) is 0. The Morgan fingerprint density at radius 3 is 2.59 bits per heavy atom. The molecule has 3 aromatic rings. The maximum absolute atomic E-state index is 13.5. The number of ether oxygens (including phenoxy) is 1. The van der Waals surface area contributed by atoms with Crippen molar-refractivity contribution in [2.24, 2.45) is 0 Å². The van der Waals surface area contributed by atoms with Gasteiger partial charge in [-0.1, -0.05) is 12.2 Å². The standard InChI is InChI=1S/C22H20FN5O/c23-17-3-4-18-19(12-17)27-20(13-26-18)28-9-5-15(6-10-28)21-22(25-8-7-24-21)16-2-1-11-29-14-16/h2-5,7-8,12-13H,1,6,9-11,14H2. The van der Waals surface area contributed by atoms with E-state index < -0.39 is 0 Å². The van der Waals surface area contributed by atoms with E-state index in [0.717, 1.165) is 48.8 Å². The highest BCUT2D eigenvalue weighted by Crippen LogP contribution is 2.29. The van der Waals surface area contributed by atoms with Crippen LogP contribution in [-0.2, 0) is 4.74 Å². The van der Waals surface area contributed by atoms with Gasteiger partial charge >= 0.3 is 0 Å². The maximum Gasteiger partial charge on any atom is 0.148 e. The van der Waals surface area contributed by atoms with Gasteiger partial charge in [0.25, 0.3) is 0 Å². The van der Waals surface area contributed by atoms with Gasteiger partial charge in [0.05, 0.1) is 41.8 Å². The Bertz CT molecular complexity index is 1130. The first-order valence-corrected chi connectivity index (χ1v) is 9.73. The zero-order valence-electron chi connectivity index (χ0n) is 15.9. The fraction of sp³-hybridized carbons (Fsp3) is 0.273. The highest BCUT2D eigenvalue weighted by Gasteiger charge is 2.20. The summed E-state index contributed by atoms with van der Waals surface area (Å²) >= 11 is 0. The van der Waals surface area contributed by atoms with Crippen LogP contribution in [0.3, 0.4) is 0 Å². The highest BCUT2D eigenvalue weighted by molar-refractivity contribution is 5.78. The van der Waals surface area contributed by atoms with Crippen molar-refractivity contribution < 1.29 is 9.13 Å². The van der Waals surface area contributed by atoms with E-state index in [9.17, 15) is 4.39 Å². The average Bonchev–Trinajstić information content (AvgIpc) is 2.79. The van der Waals surface area contributed by atoms with E-state index in [-0.39, 0.29) is 5.82 Å². The van der Waals surface area contributed by atoms with E-state index in [1.54, 1.807) is 24.7 Å². The lowest BCUT2D eigenvalue weighted by Gasteiger charge is -2.28. The number of rotatable bonds is 3. The lowest BCUT2D eigenvalue weighted by Crippen LogP contribution is -2.29. The van der Waals surface area contributed by atoms with Crippen LogP contribution in [0.2, 0.25) is 0 Å². The fourth-order valence-corrected chi connectivity index (χ4v) is 3.75. The van der Waals surface area contributed by atoms with E-state index in [1.165, 1.54) is 17.7 Å². The molecule has 2 aliphatic heterocycles. The summed E-state index contributed by atoms with van der Waals surface area (Å²) in [6, 6.07) is 4.47. The number of benzene rings is 1. The topological polar surface area (TPSA) is 64.0 Å². The molecule has 7 heteroatoms. The second-order valence-corrected chi connectivity index (χ2v) is 7.11. The minimum atomic E-state index is -0.305. The number of hydrogen-bond acceptors (Lipinski definition) is 6. The lowest BCUT2D eigenvalue weighted by atomic mass is 9.98. The van der Waals surface area contributed by atoms with Gasteiger partial charge in [0.1, 0.15) is 11.6 Å². The van der Waals surface area contributed by atoms with Crippen LogP contribution in [-0.4, -0.2) is 46.2 Å². The molecule has 6 nitrogen and oxygen atoms in total. The van der Waals surface area contributed by atoms with E-state index >= 15 is 0 Å². The summed E-state index contributed by atoms with van der Waals surface area (Å²) in [6.07, 6.45) is 11.3. The number of nitrogens with zero attached hydrogens (tertiary/aromatic N) is 5. The Balaban J connectivity index is 1.41. The molecule has 0 saturated heterocycles. The molecule has 0 bridgehead atoms. The average molecular weight is 389 g/mol. The van der Waals surface area contributed by atoms with Gasteiger partial charge in [-0.15, -0.1) is 0 Å². The van der Waals surface area contributed by atoms with Crippen LogP contribution in [0.4, 0.5) is 10.2 Å². The van der Waals surface area contributed by atoms with Crippen molar-refractivity contribution in [2.45, 2.75) is 12.8 Å². The zero-order chi connectivity index (χ0) is 19.6. The first-order chi connectivity index (χ1) is 14.3. The number of hydrogen-bond donors (Lipinski definition) is 0. The molecule has 4 heterocycles. The summed E-state index contributed by atoms with van der Waals surface area (Å²) in [5.74, 6) is 0.446. The monoisotopic (exact) mass is 389 g/mol. The summed E-state index contributed by atoms with van der Waals surface area (Å²) in [5, 5.41) is 0. The molecule has 0 amide bonds. The molecular formula is C22H20FN5O. The molecule has 146 valence electrons. The van der Waals surface area contributed by atoms with Gasteiger partial charge in [0.2, 0.25) is 0 Å². The molecule has 0 atom stereocenters. The van der Waals surface area contributed by atoms with E-state index in [0.29, 0.717) is 24.2 Å². The number of anilines is 1. The molecule has 2 aliphatic rings. The van der Waals surface area contributed by atoms with Crippen LogP contribution >= 0.6 is 0 Å². The van der Waals surface area contributed by atoms with Crippen LogP contribution in [0.15, 0.2) is 48.9 Å². The molecule has 0 radical (unpaired) electrons. The number of halogens is 1. The normalized spacial score (nSPS) is 17.2. The van der Waals surface area contributed by atoms with Crippen molar-refractivity contribution in [3.05, 3.63) is 66.1 Å². The minimum absolute atomic E-state index is 0.305. The molecular weight excluding hydrogens is 369 g/mol. The predicted molar refractivity (Wildman–Crippen MR) is 110 cm³/mol. The number of fused-ring (bicyclic) bond motifs is 1. The highest BCUT2D eigenvalue weighted by atomic mass is 19.1. The van der Waals surface area contributed by atoms with Crippen molar-refractivity contribution in [1.29, 1.82) is 0 Å². The first kappa shape index (κ1) is 17.9. The molecule has 29 heavy (non-hydrogen) atoms. The van der Waals surface area contributed by atoms with Crippen molar-refractivity contribution >= 4 is 28.0 Å². The Labute approximate surface area is 167 Å². The maximum atomic E-state index is 13.5. The molecule has 0 unspecified atom stereocenters. The SMILES string of the molecule is Fc1ccc2ncc(N3CC=C(c4nccnc4C4=CCCOC4)CC3)nc2c1. The molecule has 1 aromatic carbocycles. The summed E-state index contributed by atoms with van der Waals surface area (Å²) in [4.78, 5) is 20.3. The Hall–Kier alpha value is -3.19. The molecule has 5 rings (SSSR count). The van der Waals surface area contributed by atoms with Gasteiger partial charge in [-0.2, -0.15) is 0 Å². The second kappa shape index (κ2) is 7.67. The molecule has 0 aliphatic carbocycles. The fourth-order valence-electron chi connectivity index (χ4n) is 3.75. The molecule has 0 N–H and O–H groups in total. The van der Waals surface area contributed by atoms with E-state index in [2.05, 4.69) is 37.0 Å². The molecule has 0 saturated carbocycles. The van der Waals surface area contributed by atoms with Crippen LogP contribution in [0.25, 0.3) is 22.2 Å². The van der Waals surface area contributed by atoms with E-state index in [4.69, 9.17) is 4.74 Å². The zero-order valence-corrected chi connectivity index (χ0v) is 15.9. The molecule has 0 spiro atoms. The Morgan fingerprint density at radius 2 is 1.83 bits per heavy atom. The summed E-state index contributed by atoms with van der Waals surface area (Å²) < 4.78 is 19.1. The quantitative estimate of drug-likeness (QED) is 0.681. The van der Waals surface area contributed by atoms with Gasteiger partial charge in [0, 0.05) is 37.1 Å². The van der Waals surface area contributed by atoms with Crippen molar-refractivity contribution in [3.8, 4) is 0 Å². The third-order valence-corrected chi connectivity index (χ3v) is 5.24. The summed E-state index contributed by atoms with van der Waals surface area (Å²) in [6.45, 7) is 2.81. The molecule has 2 aromatic heterocycles.